The molecule has 0 saturated carbocycles. The molecule has 0 heterocycles. The zero-order valence-electron chi connectivity index (χ0n) is 22.3. The number of rotatable bonds is 15. The number of esters is 1. The molecule has 8 heteroatoms. The van der Waals surface area contributed by atoms with Gasteiger partial charge in [-0.25, -0.2) is 9.59 Å². The maximum absolute atomic E-state index is 12.5. The second kappa shape index (κ2) is 16.5. The first-order valence-electron chi connectivity index (χ1n) is 13.1. The normalized spacial score (nSPS) is 11.2. The SMILES string of the molecule is COC(=O)[C@H](Cc1cccc(OCc2ccccc2)c1)NC(=O)CCCCCNC(=O)OCc1ccccc1. The predicted molar refractivity (Wildman–Crippen MR) is 148 cm³/mol. The van der Waals surface area contributed by atoms with Gasteiger partial charge >= 0.3 is 12.1 Å². The van der Waals surface area contributed by atoms with E-state index in [1.807, 2.05) is 84.9 Å². The van der Waals surface area contributed by atoms with Gasteiger partial charge < -0.3 is 24.8 Å². The van der Waals surface area contributed by atoms with E-state index in [0.717, 1.165) is 23.1 Å². The molecule has 206 valence electrons. The lowest BCUT2D eigenvalue weighted by Crippen LogP contribution is -2.43. The Kier molecular flexibility index (Phi) is 12.4. The summed E-state index contributed by atoms with van der Waals surface area (Å²) in [6.07, 6.45) is 2.18. The highest BCUT2D eigenvalue weighted by Gasteiger charge is 2.22. The smallest absolute Gasteiger partial charge is 0.407 e. The van der Waals surface area contributed by atoms with Gasteiger partial charge in [-0.2, -0.15) is 0 Å². The molecule has 8 nitrogen and oxygen atoms in total. The lowest BCUT2D eigenvalue weighted by molar-refractivity contribution is -0.145. The van der Waals surface area contributed by atoms with Gasteiger partial charge in [0.15, 0.2) is 0 Å². The Morgan fingerprint density at radius 2 is 1.44 bits per heavy atom. The van der Waals surface area contributed by atoms with Gasteiger partial charge in [0.1, 0.15) is 25.0 Å². The molecule has 0 unspecified atom stereocenters. The van der Waals surface area contributed by atoms with Crippen molar-refractivity contribution >= 4 is 18.0 Å². The van der Waals surface area contributed by atoms with Gasteiger partial charge in [0.05, 0.1) is 7.11 Å². The van der Waals surface area contributed by atoms with E-state index in [0.29, 0.717) is 31.7 Å². The van der Waals surface area contributed by atoms with Gasteiger partial charge in [-0.15, -0.1) is 0 Å². The lowest BCUT2D eigenvalue weighted by atomic mass is 10.0. The number of hydrogen-bond acceptors (Lipinski definition) is 6. The number of hydrogen-bond donors (Lipinski definition) is 2. The van der Waals surface area contributed by atoms with Crippen LogP contribution in [0, 0.1) is 0 Å². The minimum Gasteiger partial charge on any atom is -0.489 e. The fourth-order valence-corrected chi connectivity index (χ4v) is 3.89. The van der Waals surface area contributed by atoms with Crippen molar-refractivity contribution < 1.29 is 28.6 Å². The van der Waals surface area contributed by atoms with Gasteiger partial charge in [0, 0.05) is 19.4 Å². The first kappa shape index (κ1) is 29.2. The molecule has 3 aromatic carbocycles. The summed E-state index contributed by atoms with van der Waals surface area (Å²) in [6, 6.07) is 26.0. The van der Waals surface area contributed by atoms with Crippen LogP contribution in [0.2, 0.25) is 0 Å². The van der Waals surface area contributed by atoms with E-state index >= 15 is 0 Å². The molecule has 0 aliphatic heterocycles. The van der Waals surface area contributed by atoms with Crippen LogP contribution in [0.25, 0.3) is 0 Å². The van der Waals surface area contributed by atoms with E-state index in [1.165, 1.54) is 7.11 Å². The number of methoxy groups -OCH3 is 1. The minimum atomic E-state index is -0.798. The largest absolute Gasteiger partial charge is 0.489 e. The van der Waals surface area contributed by atoms with E-state index in [2.05, 4.69) is 10.6 Å². The molecular formula is C31H36N2O6. The molecule has 0 aliphatic rings. The van der Waals surface area contributed by atoms with Crippen LogP contribution < -0.4 is 15.4 Å². The van der Waals surface area contributed by atoms with Crippen LogP contribution in [0.15, 0.2) is 84.9 Å². The van der Waals surface area contributed by atoms with Crippen LogP contribution >= 0.6 is 0 Å². The molecule has 0 radical (unpaired) electrons. The van der Waals surface area contributed by atoms with Crippen LogP contribution in [-0.4, -0.2) is 37.7 Å². The highest BCUT2D eigenvalue weighted by Crippen LogP contribution is 2.17. The number of unbranched alkanes of at least 4 members (excludes halogenated alkanes) is 2. The highest BCUT2D eigenvalue weighted by molar-refractivity contribution is 5.84. The number of ether oxygens (including phenoxy) is 3. The third kappa shape index (κ3) is 11.3. The summed E-state index contributed by atoms with van der Waals surface area (Å²) >= 11 is 0. The van der Waals surface area contributed by atoms with Gasteiger partial charge in [-0.3, -0.25) is 4.79 Å². The highest BCUT2D eigenvalue weighted by atomic mass is 16.5. The minimum absolute atomic E-state index is 0.221. The first-order valence-corrected chi connectivity index (χ1v) is 13.1. The Balaban J connectivity index is 1.35. The number of alkyl carbamates (subject to hydrolysis) is 1. The van der Waals surface area contributed by atoms with Crippen LogP contribution in [-0.2, 0) is 38.7 Å². The topological polar surface area (TPSA) is 103 Å². The number of benzene rings is 3. The molecule has 0 aliphatic carbocycles. The summed E-state index contributed by atoms with van der Waals surface area (Å²) in [4.78, 5) is 36.7. The Bertz CT molecular complexity index is 1170. The third-order valence-electron chi connectivity index (χ3n) is 5.97. The standard InChI is InChI=1S/C31H36N2O6/c1-37-30(35)28(21-26-16-11-17-27(20-26)38-22-24-12-5-2-6-13-24)33-29(34)18-9-4-10-19-32-31(36)39-23-25-14-7-3-8-15-25/h2-3,5-8,11-17,20,28H,4,9-10,18-19,21-23H2,1H3,(H,32,36)(H,33,34)/t28-/m0/s1. The fraction of sp³-hybridized carbons (Fsp3) is 0.323. The van der Waals surface area contributed by atoms with Gasteiger partial charge in [-0.1, -0.05) is 79.2 Å². The average molecular weight is 533 g/mol. The summed E-state index contributed by atoms with van der Waals surface area (Å²) in [5, 5.41) is 5.50. The van der Waals surface area contributed by atoms with E-state index in [-0.39, 0.29) is 25.4 Å². The van der Waals surface area contributed by atoms with E-state index in [4.69, 9.17) is 14.2 Å². The molecule has 39 heavy (non-hydrogen) atoms. The third-order valence-corrected chi connectivity index (χ3v) is 5.97. The summed E-state index contributed by atoms with van der Waals surface area (Å²) < 4.78 is 16.0. The van der Waals surface area contributed by atoms with Crippen molar-refractivity contribution in [2.45, 2.75) is 51.4 Å². The number of carbonyl (C=O) groups excluding carboxylic acids is 3. The van der Waals surface area contributed by atoms with E-state index in [9.17, 15) is 14.4 Å². The predicted octanol–water partition coefficient (Wildman–Crippen LogP) is 4.95. The maximum Gasteiger partial charge on any atom is 0.407 e. The fourth-order valence-electron chi connectivity index (χ4n) is 3.89. The molecule has 2 N–H and O–H groups in total. The summed E-state index contributed by atoms with van der Waals surface area (Å²) in [5.74, 6) is -0.0434. The second-order valence-corrected chi connectivity index (χ2v) is 9.07. The number of carbonyl (C=O) groups is 3. The Morgan fingerprint density at radius 1 is 0.769 bits per heavy atom. The summed E-state index contributed by atoms with van der Waals surface area (Å²) in [5.41, 5.74) is 2.83. The zero-order chi connectivity index (χ0) is 27.7. The average Bonchev–Trinajstić information content (AvgIpc) is 2.97. The second-order valence-electron chi connectivity index (χ2n) is 9.07. The molecule has 3 rings (SSSR count). The van der Waals surface area contributed by atoms with Crippen LogP contribution in [0.4, 0.5) is 4.79 Å². The Morgan fingerprint density at radius 3 is 2.13 bits per heavy atom. The van der Waals surface area contributed by atoms with Crippen molar-refractivity contribution in [2.24, 2.45) is 0 Å². The molecule has 0 aromatic heterocycles. The van der Waals surface area contributed by atoms with Crippen molar-refractivity contribution in [1.82, 2.24) is 10.6 Å². The molecule has 0 saturated heterocycles. The molecule has 3 aromatic rings. The quantitative estimate of drug-likeness (QED) is 0.212. The van der Waals surface area contributed by atoms with Crippen molar-refractivity contribution in [3.05, 3.63) is 102 Å². The molecule has 0 spiro atoms. The first-order chi connectivity index (χ1) is 19.0. The van der Waals surface area contributed by atoms with Gasteiger partial charge in [0.2, 0.25) is 5.91 Å². The molecule has 2 amide bonds. The molecule has 1 atom stereocenters. The summed E-state index contributed by atoms with van der Waals surface area (Å²) in [7, 11) is 1.30. The Hall–Kier alpha value is -4.33. The molecule has 0 fully saturated rings. The van der Waals surface area contributed by atoms with Gasteiger partial charge in [0.25, 0.3) is 0 Å². The number of amides is 2. The molecule has 0 bridgehead atoms. The summed E-state index contributed by atoms with van der Waals surface area (Å²) in [6.45, 7) is 1.12. The van der Waals surface area contributed by atoms with Crippen molar-refractivity contribution in [2.75, 3.05) is 13.7 Å². The van der Waals surface area contributed by atoms with Crippen molar-refractivity contribution in [3.63, 3.8) is 0 Å². The van der Waals surface area contributed by atoms with Crippen LogP contribution in [0.1, 0.15) is 42.4 Å². The van der Waals surface area contributed by atoms with Crippen molar-refractivity contribution in [1.29, 1.82) is 0 Å². The van der Waals surface area contributed by atoms with Crippen LogP contribution in [0.5, 0.6) is 5.75 Å². The van der Waals surface area contributed by atoms with E-state index < -0.39 is 18.1 Å². The van der Waals surface area contributed by atoms with E-state index in [1.54, 1.807) is 0 Å². The van der Waals surface area contributed by atoms with Crippen LogP contribution in [0.3, 0.4) is 0 Å². The zero-order valence-corrected chi connectivity index (χ0v) is 22.3. The van der Waals surface area contributed by atoms with Crippen molar-refractivity contribution in [3.8, 4) is 5.75 Å². The monoisotopic (exact) mass is 532 g/mol. The van der Waals surface area contributed by atoms with Gasteiger partial charge in [-0.05, 0) is 41.7 Å². The Labute approximate surface area is 229 Å². The molecular weight excluding hydrogens is 496 g/mol. The number of nitrogens with one attached hydrogen (secondary N) is 2. The lowest BCUT2D eigenvalue weighted by Gasteiger charge is -2.17. The maximum atomic E-state index is 12.5.